The Hall–Kier alpha value is -4.65. The van der Waals surface area contributed by atoms with E-state index in [4.69, 9.17) is 15.7 Å². The van der Waals surface area contributed by atoms with Crippen LogP contribution in [0.1, 0.15) is 49.1 Å². The van der Waals surface area contributed by atoms with E-state index in [1.165, 1.54) is 25.1 Å². The quantitative estimate of drug-likeness (QED) is 0.213. The first-order valence-electron chi connectivity index (χ1n) is 8.75. The van der Waals surface area contributed by atoms with E-state index in [-0.39, 0.29) is 22.4 Å². The Balaban J connectivity index is 2.03. The molecule has 3 rings (SSSR count). The number of rotatable bonds is 5. The monoisotopic (exact) mass is 419 g/mol. The second kappa shape index (κ2) is 8.00. The van der Waals surface area contributed by atoms with Crippen LogP contribution in [0, 0.1) is 21.4 Å². The zero-order chi connectivity index (χ0) is 22.9. The number of carbonyl (C=O) groups excluding carboxylic acids is 4. The molecule has 31 heavy (non-hydrogen) atoms. The van der Waals surface area contributed by atoms with Crippen molar-refractivity contribution in [1.29, 1.82) is 5.26 Å². The standard InChI is InChI=1S/C21H13N3O7/c1-10(23)15(8-22)16(25)9-31-21(28)14-7-6-13-17(18(14)24(29)30)20(27)12-5-3-2-4-11(12)19(13)26/h2-7H,9,23H2,1H3/b15-10+. The summed E-state index contributed by atoms with van der Waals surface area (Å²) in [5, 5.41) is 20.7. The molecule has 0 bridgehead atoms. The van der Waals surface area contributed by atoms with Gasteiger partial charge in [0.2, 0.25) is 11.6 Å². The van der Waals surface area contributed by atoms with Gasteiger partial charge in [-0.15, -0.1) is 0 Å². The number of ketones is 3. The number of Topliss-reactive ketones (excluding diaryl/α,β-unsaturated/α-hetero) is 1. The summed E-state index contributed by atoms with van der Waals surface area (Å²) in [6.45, 7) is 0.424. The lowest BCUT2D eigenvalue weighted by atomic mass is 9.82. The van der Waals surface area contributed by atoms with E-state index in [1.807, 2.05) is 0 Å². The largest absolute Gasteiger partial charge is 0.453 e. The summed E-state index contributed by atoms with van der Waals surface area (Å²) in [6.07, 6.45) is 0. The molecule has 1 aliphatic rings. The number of ether oxygens (including phenoxy) is 1. The summed E-state index contributed by atoms with van der Waals surface area (Å²) in [5.41, 5.74) is 2.76. The average molecular weight is 419 g/mol. The van der Waals surface area contributed by atoms with Crippen molar-refractivity contribution in [2.45, 2.75) is 6.92 Å². The summed E-state index contributed by atoms with van der Waals surface area (Å²) in [7, 11) is 0. The van der Waals surface area contributed by atoms with Crippen molar-refractivity contribution in [3.63, 3.8) is 0 Å². The summed E-state index contributed by atoms with van der Waals surface area (Å²) >= 11 is 0. The van der Waals surface area contributed by atoms with Gasteiger partial charge in [-0.25, -0.2) is 4.79 Å². The van der Waals surface area contributed by atoms with Crippen LogP contribution in [0.5, 0.6) is 0 Å². The van der Waals surface area contributed by atoms with Gasteiger partial charge in [0.1, 0.15) is 22.8 Å². The van der Waals surface area contributed by atoms with Gasteiger partial charge in [-0.3, -0.25) is 24.5 Å². The number of nitro groups is 1. The molecule has 154 valence electrons. The molecule has 0 saturated carbocycles. The number of benzene rings is 2. The molecule has 0 aliphatic heterocycles. The van der Waals surface area contributed by atoms with Crippen LogP contribution in [0.25, 0.3) is 0 Å². The minimum atomic E-state index is -1.27. The van der Waals surface area contributed by atoms with Crippen molar-refractivity contribution in [3.05, 3.63) is 85.6 Å². The first kappa shape index (κ1) is 21.1. The first-order valence-corrected chi connectivity index (χ1v) is 8.75. The van der Waals surface area contributed by atoms with Crippen LogP contribution in [-0.4, -0.2) is 34.8 Å². The highest BCUT2D eigenvalue weighted by Crippen LogP contribution is 2.35. The van der Waals surface area contributed by atoms with Crippen molar-refractivity contribution >= 4 is 29.0 Å². The number of nitrogens with two attached hydrogens (primary N) is 1. The fraction of sp³-hybridized carbons (Fsp3) is 0.0952. The fourth-order valence-corrected chi connectivity index (χ4v) is 3.17. The highest BCUT2D eigenvalue weighted by molar-refractivity contribution is 6.30. The molecule has 0 heterocycles. The molecule has 10 heteroatoms. The molecule has 2 aromatic rings. The fourth-order valence-electron chi connectivity index (χ4n) is 3.17. The summed E-state index contributed by atoms with van der Waals surface area (Å²) in [4.78, 5) is 60.8. The molecule has 0 aromatic heterocycles. The van der Waals surface area contributed by atoms with Crippen molar-refractivity contribution < 1.29 is 28.8 Å². The van der Waals surface area contributed by atoms with Crippen LogP contribution in [0.4, 0.5) is 5.69 Å². The van der Waals surface area contributed by atoms with Gasteiger partial charge in [0.15, 0.2) is 12.4 Å². The zero-order valence-electron chi connectivity index (χ0n) is 16.0. The van der Waals surface area contributed by atoms with E-state index in [2.05, 4.69) is 0 Å². The van der Waals surface area contributed by atoms with Gasteiger partial charge in [-0.05, 0) is 19.1 Å². The molecule has 0 amide bonds. The predicted molar refractivity (Wildman–Crippen MR) is 104 cm³/mol. The number of esters is 1. The molecule has 0 atom stereocenters. The maximum Gasteiger partial charge on any atom is 0.345 e. The zero-order valence-corrected chi connectivity index (χ0v) is 16.0. The van der Waals surface area contributed by atoms with E-state index in [0.29, 0.717) is 0 Å². The van der Waals surface area contributed by atoms with E-state index >= 15 is 0 Å². The molecule has 10 nitrogen and oxygen atoms in total. The third-order valence-corrected chi connectivity index (χ3v) is 4.59. The van der Waals surface area contributed by atoms with Gasteiger partial charge in [-0.1, -0.05) is 24.3 Å². The van der Waals surface area contributed by atoms with Gasteiger partial charge >= 0.3 is 5.97 Å². The van der Waals surface area contributed by atoms with Crippen LogP contribution in [0.3, 0.4) is 0 Å². The average Bonchev–Trinajstić information content (AvgIpc) is 2.74. The normalized spacial score (nSPS) is 12.8. The smallest absolute Gasteiger partial charge is 0.345 e. The van der Waals surface area contributed by atoms with Gasteiger partial charge < -0.3 is 10.5 Å². The van der Waals surface area contributed by atoms with Gasteiger partial charge in [-0.2, -0.15) is 5.26 Å². The maximum atomic E-state index is 12.9. The maximum absolute atomic E-state index is 12.9. The molecule has 0 spiro atoms. The molecular weight excluding hydrogens is 406 g/mol. The third kappa shape index (κ3) is 3.56. The highest BCUT2D eigenvalue weighted by atomic mass is 16.6. The Bertz CT molecular complexity index is 1260. The summed E-state index contributed by atoms with van der Waals surface area (Å²) in [5.74, 6) is -3.53. The van der Waals surface area contributed by atoms with Gasteiger partial charge in [0, 0.05) is 22.4 Å². The van der Waals surface area contributed by atoms with Crippen LogP contribution in [0.15, 0.2) is 47.7 Å². The van der Waals surface area contributed by atoms with Crippen LogP contribution in [0.2, 0.25) is 0 Å². The molecule has 2 aromatic carbocycles. The Morgan fingerprint density at radius 1 is 1.10 bits per heavy atom. The Kier molecular flexibility index (Phi) is 5.44. The third-order valence-electron chi connectivity index (χ3n) is 4.59. The van der Waals surface area contributed by atoms with Crippen LogP contribution < -0.4 is 5.73 Å². The number of nitriles is 1. The van der Waals surface area contributed by atoms with Crippen molar-refractivity contribution in [2.24, 2.45) is 5.73 Å². The van der Waals surface area contributed by atoms with Crippen molar-refractivity contribution in [2.75, 3.05) is 6.61 Å². The lowest BCUT2D eigenvalue weighted by Crippen LogP contribution is -2.24. The van der Waals surface area contributed by atoms with Crippen molar-refractivity contribution in [3.8, 4) is 6.07 Å². The first-order chi connectivity index (χ1) is 14.7. The van der Waals surface area contributed by atoms with Crippen LogP contribution >= 0.6 is 0 Å². The number of hydrogen-bond donors (Lipinski definition) is 1. The Morgan fingerprint density at radius 2 is 1.71 bits per heavy atom. The molecule has 0 radical (unpaired) electrons. The molecule has 1 aliphatic carbocycles. The molecule has 0 unspecified atom stereocenters. The number of nitro benzene ring substituents is 1. The molecule has 0 saturated heterocycles. The number of allylic oxidation sites excluding steroid dienone is 1. The van der Waals surface area contributed by atoms with Crippen LogP contribution in [-0.2, 0) is 9.53 Å². The number of hydrogen-bond acceptors (Lipinski definition) is 9. The summed E-state index contributed by atoms with van der Waals surface area (Å²) < 4.78 is 4.81. The number of nitrogens with zero attached hydrogens (tertiary/aromatic N) is 2. The van der Waals surface area contributed by atoms with E-state index < -0.39 is 57.2 Å². The van der Waals surface area contributed by atoms with E-state index in [9.17, 15) is 29.3 Å². The second-order valence-electron chi connectivity index (χ2n) is 6.51. The Morgan fingerprint density at radius 3 is 2.26 bits per heavy atom. The predicted octanol–water partition coefficient (Wildman–Crippen LogP) is 1.85. The lowest BCUT2D eigenvalue weighted by molar-refractivity contribution is -0.385. The van der Waals surface area contributed by atoms with Gasteiger partial charge in [0.05, 0.1) is 4.92 Å². The summed E-state index contributed by atoms with van der Waals surface area (Å²) in [6, 6.07) is 9.53. The minimum Gasteiger partial charge on any atom is -0.453 e. The topological polar surface area (TPSA) is 170 Å². The lowest BCUT2D eigenvalue weighted by Gasteiger charge is -2.18. The number of fused-ring (bicyclic) bond motifs is 2. The highest BCUT2D eigenvalue weighted by Gasteiger charge is 2.39. The van der Waals surface area contributed by atoms with E-state index in [0.717, 1.165) is 12.1 Å². The molecule has 2 N–H and O–H groups in total. The van der Waals surface area contributed by atoms with Crippen molar-refractivity contribution in [1.82, 2.24) is 0 Å². The van der Waals surface area contributed by atoms with E-state index in [1.54, 1.807) is 12.1 Å². The van der Waals surface area contributed by atoms with Gasteiger partial charge in [0.25, 0.3) is 5.69 Å². The molecule has 0 fully saturated rings. The number of carbonyl (C=O) groups is 4. The molecular formula is C21H13N3O7. The second-order valence-corrected chi connectivity index (χ2v) is 6.51. The minimum absolute atomic E-state index is 0.0222. The Labute approximate surface area is 174 Å². The SMILES string of the molecule is C/C(N)=C(/C#N)C(=O)COC(=O)c1ccc2c(c1[N+](=O)[O-])C(=O)c1ccccc1C2=O.